The summed E-state index contributed by atoms with van der Waals surface area (Å²) in [5.41, 5.74) is 1.05. The fraction of sp³-hybridized carbons (Fsp3) is 0.120. The number of carbonyl (C=O) groups is 4. The Balaban J connectivity index is 1.66. The molecule has 0 aliphatic carbocycles. The number of esters is 1. The van der Waals surface area contributed by atoms with Gasteiger partial charge in [0.25, 0.3) is 5.91 Å². The number of para-hydroxylation sites is 3. The Morgan fingerprint density at radius 3 is 1.94 bits per heavy atom. The molecule has 0 radical (unpaired) electrons. The van der Waals surface area contributed by atoms with Gasteiger partial charge in [0.2, 0.25) is 11.8 Å². The molecule has 0 fully saturated rings. The summed E-state index contributed by atoms with van der Waals surface area (Å²) in [6.07, 6.45) is 0. The third-order valence-electron chi connectivity index (χ3n) is 4.28. The highest BCUT2D eigenvalue weighted by atomic mass is 16.5. The molecule has 3 amide bonds. The van der Waals surface area contributed by atoms with E-state index in [-0.39, 0.29) is 17.4 Å². The molecule has 9 heteroatoms. The summed E-state index contributed by atoms with van der Waals surface area (Å²) in [7, 11) is 0. The van der Waals surface area contributed by atoms with Gasteiger partial charge in [-0.1, -0.05) is 30.3 Å². The number of benzene rings is 3. The topological polar surface area (TPSA) is 123 Å². The van der Waals surface area contributed by atoms with Crippen LogP contribution in [0, 0.1) is 0 Å². The summed E-state index contributed by atoms with van der Waals surface area (Å²) < 4.78 is 10.9. The summed E-state index contributed by atoms with van der Waals surface area (Å²) in [4.78, 5) is 47.7. The number of hydrogen-bond donors (Lipinski definition) is 3. The van der Waals surface area contributed by atoms with E-state index in [2.05, 4.69) is 16.0 Å². The maximum Gasteiger partial charge on any atom is 0.338 e. The molecule has 3 rings (SSSR count). The Morgan fingerprint density at radius 1 is 0.735 bits per heavy atom. The minimum atomic E-state index is -0.803. The summed E-state index contributed by atoms with van der Waals surface area (Å²) in [6.45, 7) is 2.07. The van der Waals surface area contributed by atoms with Gasteiger partial charge < -0.3 is 25.4 Å². The molecule has 0 heterocycles. The van der Waals surface area contributed by atoms with Crippen molar-refractivity contribution in [3.05, 3.63) is 78.4 Å². The van der Waals surface area contributed by atoms with Crippen LogP contribution in [0.2, 0.25) is 0 Å². The molecule has 0 aliphatic heterocycles. The molecule has 3 aromatic carbocycles. The van der Waals surface area contributed by atoms with Crippen molar-refractivity contribution in [2.24, 2.45) is 0 Å². The number of amides is 3. The normalized spacial score (nSPS) is 10.1. The summed E-state index contributed by atoms with van der Waals surface area (Å²) in [5, 5.41) is 7.75. The first-order chi connectivity index (χ1) is 16.3. The van der Waals surface area contributed by atoms with Crippen LogP contribution in [-0.4, -0.2) is 30.3 Å². The van der Waals surface area contributed by atoms with Crippen LogP contribution in [0.4, 0.5) is 17.1 Å². The van der Waals surface area contributed by atoms with E-state index >= 15 is 0 Å². The molecule has 174 valence electrons. The van der Waals surface area contributed by atoms with E-state index in [0.717, 1.165) is 0 Å². The Kier molecular flexibility index (Phi) is 7.96. The maximum absolute atomic E-state index is 12.5. The Morgan fingerprint density at radius 2 is 1.32 bits per heavy atom. The van der Waals surface area contributed by atoms with E-state index < -0.39 is 18.5 Å². The van der Waals surface area contributed by atoms with Gasteiger partial charge in [0.05, 0.1) is 11.3 Å². The lowest BCUT2D eigenvalue weighted by molar-refractivity contribution is -0.119. The van der Waals surface area contributed by atoms with Crippen molar-refractivity contribution in [1.82, 2.24) is 0 Å². The van der Waals surface area contributed by atoms with Gasteiger partial charge in [0, 0.05) is 25.2 Å². The molecule has 3 N–H and O–H groups in total. The van der Waals surface area contributed by atoms with E-state index in [1.54, 1.807) is 36.4 Å². The molecule has 34 heavy (non-hydrogen) atoms. The van der Waals surface area contributed by atoms with Crippen molar-refractivity contribution in [2.75, 3.05) is 22.6 Å². The van der Waals surface area contributed by atoms with Crippen LogP contribution in [-0.2, 0) is 19.1 Å². The lowest BCUT2D eigenvalue weighted by Crippen LogP contribution is -2.21. The predicted molar refractivity (Wildman–Crippen MR) is 127 cm³/mol. The number of ether oxygens (including phenoxy) is 2. The van der Waals surface area contributed by atoms with Crippen LogP contribution in [0.15, 0.2) is 72.8 Å². The molecule has 0 saturated heterocycles. The van der Waals surface area contributed by atoms with Crippen molar-refractivity contribution < 1.29 is 28.7 Å². The fourth-order valence-electron chi connectivity index (χ4n) is 2.97. The lowest BCUT2D eigenvalue weighted by Gasteiger charge is -2.13. The lowest BCUT2D eigenvalue weighted by atomic mass is 10.1. The largest absolute Gasteiger partial charge is 0.455 e. The third-order valence-corrected chi connectivity index (χ3v) is 4.28. The van der Waals surface area contributed by atoms with Crippen LogP contribution < -0.4 is 20.7 Å². The third kappa shape index (κ3) is 7.20. The van der Waals surface area contributed by atoms with E-state index in [1.165, 1.54) is 32.0 Å². The highest BCUT2D eigenvalue weighted by molar-refractivity contribution is 5.99. The summed E-state index contributed by atoms with van der Waals surface area (Å²) in [6, 6.07) is 20.2. The second-order valence-corrected chi connectivity index (χ2v) is 7.20. The van der Waals surface area contributed by atoms with Crippen molar-refractivity contribution >= 4 is 40.8 Å². The molecule has 0 unspecified atom stereocenters. The van der Waals surface area contributed by atoms with Crippen molar-refractivity contribution in [3.63, 3.8) is 0 Å². The first kappa shape index (κ1) is 24.0. The van der Waals surface area contributed by atoms with Crippen molar-refractivity contribution in [3.8, 4) is 11.5 Å². The van der Waals surface area contributed by atoms with Gasteiger partial charge in [-0.05, 0) is 42.5 Å². The van der Waals surface area contributed by atoms with E-state index in [0.29, 0.717) is 28.6 Å². The van der Waals surface area contributed by atoms with Gasteiger partial charge in [-0.3, -0.25) is 14.4 Å². The standard InChI is InChI=1S/C25H23N3O6/c1-16(29)26-19-12-18(13-20(14-19)27-17(2)30)25(32)33-15-24(31)28-22-10-6-7-11-23(22)34-21-8-4-3-5-9-21/h3-14H,15H2,1-2H3,(H,26,29)(H,27,30)(H,28,31). The van der Waals surface area contributed by atoms with E-state index in [4.69, 9.17) is 9.47 Å². The van der Waals surface area contributed by atoms with Crippen LogP contribution in [0.25, 0.3) is 0 Å². The number of anilines is 3. The molecule has 0 bridgehead atoms. The van der Waals surface area contributed by atoms with Gasteiger partial charge in [-0.2, -0.15) is 0 Å². The highest BCUT2D eigenvalue weighted by Gasteiger charge is 2.15. The molecule has 0 saturated carbocycles. The van der Waals surface area contributed by atoms with E-state index in [9.17, 15) is 19.2 Å². The van der Waals surface area contributed by atoms with Crippen LogP contribution in [0.1, 0.15) is 24.2 Å². The van der Waals surface area contributed by atoms with Gasteiger partial charge in [-0.25, -0.2) is 4.79 Å². The van der Waals surface area contributed by atoms with Crippen molar-refractivity contribution in [2.45, 2.75) is 13.8 Å². The van der Waals surface area contributed by atoms with Gasteiger partial charge in [0.1, 0.15) is 5.75 Å². The molecule has 9 nitrogen and oxygen atoms in total. The second-order valence-electron chi connectivity index (χ2n) is 7.20. The summed E-state index contributed by atoms with van der Waals surface area (Å²) in [5.74, 6) is -1.05. The van der Waals surface area contributed by atoms with E-state index in [1.807, 2.05) is 18.2 Å². The number of rotatable bonds is 8. The zero-order valence-electron chi connectivity index (χ0n) is 18.6. The molecular weight excluding hydrogens is 438 g/mol. The average Bonchev–Trinajstić information content (AvgIpc) is 2.78. The quantitative estimate of drug-likeness (QED) is 0.432. The molecule has 0 atom stereocenters. The van der Waals surface area contributed by atoms with Crippen LogP contribution in [0.3, 0.4) is 0 Å². The SMILES string of the molecule is CC(=O)Nc1cc(NC(C)=O)cc(C(=O)OCC(=O)Nc2ccccc2Oc2ccccc2)c1. The Hall–Kier alpha value is -4.66. The monoisotopic (exact) mass is 461 g/mol. The highest BCUT2D eigenvalue weighted by Crippen LogP contribution is 2.29. The first-order valence-corrected chi connectivity index (χ1v) is 10.3. The number of carbonyl (C=O) groups excluding carboxylic acids is 4. The Labute approximate surface area is 196 Å². The zero-order chi connectivity index (χ0) is 24.5. The van der Waals surface area contributed by atoms with Gasteiger partial charge >= 0.3 is 5.97 Å². The van der Waals surface area contributed by atoms with Crippen LogP contribution >= 0.6 is 0 Å². The average molecular weight is 461 g/mol. The zero-order valence-corrected chi connectivity index (χ0v) is 18.6. The van der Waals surface area contributed by atoms with Gasteiger partial charge in [-0.15, -0.1) is 0 Å². The Bertz CT molecular complexity index is 1180. The number of hydrogen-bond acceptors (Lipinski definition) is 6. The number of nitrogens with one attached hydrogen (secondary N) is 3. The first-order valence-electron chi connectivity index (χ1n) is 10.3. The molecule has 0 aliphatic rings. The smallest absolute Gasteiger partial charge is 0.338 e. The molecule has 0 spiro atoms. The van der Waals surface area contributed by atoms with Crippen molar-refractivity contribution in [1.29, 1.82) is 0 Å². The maximum atomic E-state index is 12.5. The van der Waals surface area contributed by atoms with Crippen LogP contribution in [0.5, 0.6) is 11.5 Å². The molecule has 0 aromatic heterocycles. The predicted octanol–water partition coefficient (Wildman–Crippen LogP) is 4.19. The fourth-order valence-corrected chi connectivity index (χ4v) is 2.97. The second kappa shape index (κ2) is 11.3. The molecular formula is C25H23N3O6. The minimum Gasteiger partial charge on any atom is -0.455 e. The van der Waals surface area contributed by atoms with Gasteiger partial charge in [0.15, 0.2) is 12.4 Å². The summed E-state index contributed by atoms with van der Waals surface area (Å²) >= 11 is 0. The minimum absolute atomic E-state index is 0.0515. The molecule has 3 aromatic rings.